The predicted molar refractivity (Wildman–Crippen MR) is 101 cm³/mol. The van der Waals surface area contributed by atoms with Gasteiger partial charge >= 0.3 is 5.97 Å². The number of carbonyl (C=O) groups excluding carboxylic acids is 3. The van der Waals surface area contributed by atoms with Gasteiger partial charge < -0.3 is 15.0 Å². The van der Waals surface area contributed by atoms with Gasteiger partial charge in [0, 0.05) is 18.8 Å². The molecule has 1 aliphatic rings. The molecule has 7 heteroatoms. The van der Waals surface area contributed by atoms with Gasteiger partial charge in [-0.05, 0) is 41.5 Å². The van der Waals surface area contributed by atoms with Gasteiger partial charge in [0.1, 0.15) is 5.82 Å². The first-order valence-electron chi connectivity index (χ1n) is 8.71. The molecule has 0 fully saturated rings. The molecule has 0 aliphatic carbocycles. The molecule has 0 saturated carbocycles. The molecule has 1 N–H and O–H groups in total. The molecule has 0 saturated heterocycles. The molecule has 0 unspecified atom stereocenters. The molecule has 0 bridgehead atoms. The summed E-state index contributed by atoms with van der Waals surface area (Å²) in [6, 6.07) is 12.2. The number of hydrogen-bond donors (Lipinski definition) is 1. The number of benzene rings is 2. The quantitative estimate of drug-likeness (QED) is 0.806. The van der Waals surface area contributed by atoms with Gasteiger partial charge in [-0.15, -0.1) is 0 Å². The first-order chi connectivity index (χ1) is 13.4. The Bertz CT molecular complexity index is 924. The summed E-state index contributed by atoms with van der Waals surface area (Å²) in [7, 11) is 0. The molecule has 0 radical (unpaired) electrons. The van der Waals surface area contributed by atoms with Crippen LogP contribution in [0.5, 0.6) is 0 Å². The van der Waals surface area contributed by atoms with Gasteiger partial charge in [0.15, 0.2) is 6.61 Å². The Kier molecular flexibility index (Phi) is 5.84. The standard InChI is InChI=1S/C21H19FN2O4/c1-14(25)24-11-10-15-4-2-3-5-18(15)19(24)12-21(27)28-13-20(26)23-17-8-6-16(22)7-9-17/h2-11,19H,12-13H2,1H3,(H,23,26)/t19-/m0/s1. The fourth-order valence-electron chi connectivity index (χ4n) is 3.01. The van der Waals surface area contributed by atoms with Crippen molar-refractivity contribution in [1.29, 1.82) is 0 Å². The van der Waals surface area contributed by atoms with Crippen LogP contribution in [0.25, 0.3) is 6.08 Å². The van der Waals surface area contributed by atoms with Crippen LogP contribution in [-0.4, -0.2) is 29.3 Å². The molecule has 6 nitrogen and oxygen atoms in total. The monoisotopic (exact) mass is 382 g/mol. The highest BCUT2D eigenvalue weighted by Gasteiger charge is 2.28. The van der Waals surface area contributed by atoms with Gasteiger partial charge in [-0.25, -0.2) is 4.39 Å². The van der Waals surface area contributed by atoms with Crippen LogP contribution in [0.15, 0.2) is 54.7 Å². The number of hydrogen-bond acceptors (Lipinski definition) is 4. The van der Waals surface area contributed by atoms with Crippen molar-refractivity contribution in [3.05, 3.63) is 71.7 Å². The zero-order chi connectivity index (χ0) is 20.1. The van der Waals surface area contributed by atoms with Crippen LogP contribution < -0.4 is 5.32 Å². The zero-order valence-corrected chi connectivity index (χ0v) is 15.2. The van der Waals surface area contributed by atoms with E-state index in [0.29, 0.717) is 5.69 Å². The Balaban J connectivity index is 1.60. The van der Waals surface area contributed by atoms with Gasteiger partial charge in [0.05, 0.1) is 12.5 Å². The molecule has 3 rings (SSSR count). The number of esters is 1. The summed E-state index contributed by atoms with van der Waals surface area (Å²) in [4.78, 5) is 37.6. The number of nitrogens with one attached hydrogen (secondary N) is 1. The Morgan fingerprint density at radius 2 is 1.82 bits per heavy atom. The SMILES string of the molecule is CC(=O)N1C=Cc2ccccc2[C@@H]1CC(=O)OCC(=O)Nc1ccc(F)cc1. The summed E-state index contributed by atoms with van der Waals surface area (Å²) in [5.74, 6) is -1.75. The van der Waals surface area contributed by atoms with Crippen LogP contribution >= 0.6 is 0 Å². The van der Waals surface area contributed by atoms with E-state index in [1.807, 2.05) is 30.3 Å². The highest BCUT2D eigenvalue weighted by Crippen LogP contribution is 2.33. The first kappa shape index (κ1) is 19.3. The van der Waals surface area contributed by atoms with Crippen molar-refractivity contribution in [2.24, 2.45) is 0 Å². The molecule has 0 spiro atoms. The van der Waals surface area contributed by atoms with Crippen molar-refractivity contribution in [2.75, 3.05) is 11.9 Å². The van der Waals surface area contributed by atoms with Gasteiger partial charge in [-0.2, -0.15) is 0 Å². The number of halogens is 1. The summed E-state index contributed by atoms with van der Waals surface area (Å²) in [6.07, 6.45) is 3.38. The second-order valence-electron chi connectivity index (χ2n) is 6.31. The van der Waals surface area contributed by atoms with Crippen LogP contribution in [-0.2, 0) is 19.1 Å². The summed E-state index contributed by atoms with van der Waals surface area (Å²) < 4.78 is 17.9. The van der Waals surface area contributed by atoms with Crippen molar-refractivity contribution in [3.8, 4) is 0 Å². The molecule has 2 aromatic carbocycles. The normalized spacial score (nSPS) is 14.9. The number of nitrogens with zero attached hydrogens (tertiary/aromatic N) is 1. The lowest BCUT2D eigenvalue weighted by Gasteiger charge is -2.32. The Labute approximate surface area is 161 Å². The summed E-state index contributed by atoms with van der Waals surface area (Å²) >= 11 is 0. The van der Waals surface area contributed by atoms with E-state index in [2.05, 4.69) is 5.32 Å². The molecule has 2 amide bonds. The molecule has 28 heavy (non-hydrogen) atoms. The van der Waals surface area contributed by atoms with Crippen molar-refractivity contribution in [2.45, 2.75) is 19.4 Å². The largest absolute Gasteiger partial charge is 0.455 e. The molecule has 2 aromatic rings. The van der Waals surface area contributed by atoms with Crippen LogP contribution in [0.1, 0.15) is 30.5 Å². The Morgan fingerprint density at radius 1 is 1.11 bits per heavy atom. The number of rotatable bonds is 5. The fourth-order valence-corrected chi connectivity index (χ4v) is 3.01. The van der Waals surface area contributed by atoms with E-state index in [0.717, 1.165) is 11.1 Å². The van der Waals surface area contributed by atoms with Crippen molar-refractivity contribution >= 4 is 29.5 Å². The highest BCUT2D eigenvalue weighted by molar-refractivity contribution is 5.92. The minimum Gasteiger partial charge on any atom is -0.455 e. The van der Waals surface area contributed by atoms with E-state index in [1.54, 1.807) is 6.20 Å². The lowest BCUT2D eigenvalue weighted by Crippen LogP contribution is -2.33. The summed E-state index contributed by atoms with van der Waals surface area (Å²) in [6.45, 7) is 0.952. The van der Waals surface area contributed by atoms with Crippen LogP contribution in [0.2, 0.25) is 0 Å². The molecule has 1 aliphatic heterocycles. The average molecular weight is 382 g/mol. The van der Waals surface area contributed by atoms with E-state index in [4.69, 9.17) is 4.74 Å². The highest BCUT2D eigenvalue weighted by atomic mass is 19.1. The topological polar surface area (TPSA) is 75.7 Å². The van der Waals surface area contributed by atoms with Gasteiger partial charge in [-0.1, -0.05) is 24.3 Å². The van der Waals surface area contributed by atoms with Crippen molar-refractivity contribution in [1.82, 2.24) is 4.90 Å². The zero-order valence-electron chi connectivity index (χ0n) is 15.2. The molecule has 144 valence electrons. The minimum atomic E-state index is -0.601. The predicted octanol–water partition coefficient (Wildman–Crippen LogP) is 3.27. The lowest BCUT2D eigenvalue weighted by atomic mass is 9.94. The maximum Gasteiger partial charge on any atom is 0.308 e. The second kappa shape index (κ2) is 8.47. The van der Waals surface area contributed by atoms with Crippen LogP contribution in [0, 0.1) is 5.82 Å². The van der Waals surface area contributed by atoms with Gasteiger partial charge in [-0.3, -0.25) is 14.4 Å². The molecular weight excluding hydrogens is 363 g/mol. The lowest BCUT2D eigenvalue weighted by molar-refractivity contribution is -0.149. The van der Waals surface area contributed by atoms with Gasteiger partial charge in [0.2, 0.25) is 5.91 Å². The van der Waals surface area contributed by atoms with Crippen molar-refractivity contribution < 1.29 is 23.5 Å². The van der Waals surface area contributed by atoms with E-state index in [1.165, 1.54) is 36.1 Å². The van der Waals surface area contributed by atoms with E-state index in [-0.39, 0.29) is 12.3 Å². The Morgan fingerprint density at radius 3 is 2.54 bits per heavy atom. The fraction of sp³-hybridized carbons (Fsp3) is 0.190. The number of fused-ring (bicyclic) bond motifs is 1. The molecule has 1 heterocycles. The van der Waals surface area contributed by atoms with Crippen molar-refractivity contribution in [3.63, 3.8) is 0 Å². The average Bonchev–Trinajstić information content (AvgIpc) is 2.68. The van der Waals surface area contributed by atoms with E-state index < -0.39 is 30.3 Å². The third kappa shape index (κ3) is 4.62. The number of ether oxygens (including phenoxy) is 1. The summed E-state index contributed by atoms with van der Waals surface area (Å²) in [5, 5.41) is 2.51. The first-order valence-corrected chi connectivity index (χ1v) is 8.71. The van der Waals surface area contributed by atoms with Crippen LogP contribution in [0.4, 0.5) is 10.1 Å². The number of carbonyl (C=O) groups is 3. The minimum absolute atomic E-state index is 0.0786. The number of amides is 2. The maximum absolute atomic E-state index is 12.9. The smallest absolute Gasteiger partial charge is 0.308 e. The summed E-state index contributed by atoms with van der Waals surface area (Å²) in [5.41, 5.74) is 2.16. The molecular formula is C21H19FN2O4. The molecule has 1 atom stereocenters. The van der Waals surface area contributed by atoms with Gasteiger partial charge in [0.25, 0.3) is 5.91 Å². The third-order valence-electron chi connectivity index (χ3n) is 4.32. The third-order valence-corrected chi connectivity index (χ3v) is 4.32. The maximum atomic E-state index is 12.9. The second-order valence-corrected chi connectivity index (χ2v) is 6.31. The van der Waals surface area contributed by atoms with E-state index in [9.17, 15) is 18.8 Å². The van der Waals surface area contributed by atoms with E-state index >= 15 is 0 Å². The number of anilines is 1. The molecule has 0 aromatic heterocycles. The van der Waals surface area contributed by atoms with Crippen LogP contribution in [0.3, 0.4) is 0 Å². The Hall–Kier alpha value is -3.48.